The molecular formula is C23H19BrN2O4. The maximum absolute atomic E-state index is 13.3. The molecule has 1 aromatic heterocycles. The van der Waals surface area contributed by atoms with E-state index < -0.39 is 23.9 Å². The van der Waals surface area contributed by atoms with Gasteiger partial charge in [0.1, 0.15) is 6.04 Å². The first-order valence-corrected chi connectivity index (χ1v) is 10.3. The van der Waals surface area contributed by atoms with Gasteiger partial charge in [0.25, 0.3) is 11.8 Å². The van der Waals surface area contributed by atoms with Crippen LogP contribution in [-0.2, 0) is 9.59 Å². The fourth-order valence-electron chi connectivity index (χ4n) is 3.70. The molecule has 4 rings (SSSR count). The van der Waals surface area contributed by atoms with Crippen molar-refractivity contribution >= 4 is 39.3 Å². The number of anilines is 1. The summed E-state index contributed by atoms with van der Waals surface area (Å²) < 4.78 is 6.14. The van der Waals surface area contributed by atoms with E-state index in [9.17, 15) is 14.4 Å². The predicted octanol–water partition coefficient (Wildman–Crippen LogP) is 4.58. The number of benzene rings is 2. The summed E-state index contributed by atoms with van der Waals surface area (Å²) in [4.78, 5) is 42.0. The third-order valence-electron chi connectivity index (χ3n) is 5.21. The van der Waals surface area contributed by atoms with Crippen LogP contribution in [0.5, 0.6) is 0 Å². The van der Waals surface area contributed by atoms with Gasteiger partial charge < -0.3 is 9.32 Å². The lowest BCUT2D eigenvalue weighted by Gasteiger charge is -2.33. The minimum atomic E-state index is -0.922. The Morgan fingerprint density at radius 2 is 1.77 bits per heavy atom. The third kappa shape index (κ3) is 3.68. The molecule has 0 bridgehead atoms. The summed E-state index contributed by atoms with van der Waals surface area (Å²) in [6.45, 7) is 1.84. The first kappa shape index (κ1) is 20.1. The van der Waals surface area contributed by atoms with Gasteiger partial charge in [-0.25, -0.2) is 4.90 Å². The highest BCUT2D eigenvalue weighted by atomic mass is 79.9. The number of nitrogens with zero attached hydrogens (tertiary/aromatic N) is 2. The van der Waals surface area contributed by atoms with Gasteiger partial charge in [0.2, 0.25) is 5.91 Å². The second-order valence-corrected chi connectivity index (χ2v) is 7.96. The van der Waals surface area contributed by atoms with E-state index in [4.69, 9.17) is 4.42 Å². The Balaban J connectivity index is 1.71. The molecule has 1 aliphatic rings. The molecule has 30 heavy (non-hydrogen) atoms. The van der Waals surface area contributed by atoms with E-state index in [1.807, 2.05) is 37.3 Å². The van der Waals surface area contributed by atoms with Crippen LogP contribution in [0.3, 0.4) is 0 Å². The molecule has 1 saturated heterocycles. The molecule has 0 aliphatic carbocycles. The Hall–Kier alpha value is -3.19. The summed E-state index contributed by atoms with van der Waals surface area (Å²) in [7, 11) is 0. The molecule has 2 aromatic carbocycles. The maximum Gasteiger partial charge on any atom is 0.290 e. The maximum atomic E-state index is 13.3. The molecule has 3 aromatic rings. The van der Waals surface area contributed by atoms with Crippen LogP contribution >= 0.6 is 15.9 Å². The fourth-order valence-corrected chi connectivity index (χ4v) is 3.97. The highest BCUT2D eigenvalue weighted by Gasteiger charge is 2.46. The van der Waals surface area contributed by atoms with Gasteiger partial charge in [-0.15, -0.1) is 0 Å². The van der Waals surface area contributed by atoms with E-state index >= 15 is 0 Å². The molecule has 2 atom stereocenters. The van der Waals surface area contributed by atoms with E-state index in [-0.39, 0.29) is 18.1 Å². The van der Waals surface area contributed by atoms with Crippen molar-refractivity contribution in [1.82, 2.24) is 4.90 Å². The standard InChI is InChI=1S/C23H19BrN2O4/c1-15(16-6-3-2-4-7-16)25(23(29)20-8-5-13-30-20)19-14-21(27)26(22(19)28)18-11-9-17(24)10-12-18/h2-13,15,19H,14H2,1H3. The number of furan rings is 1. The van der Waals surface area contributed by atoms with Crippen molar-refractivity contribution in [3.05, 3.63) is 88.8 Å². The zero-order chi connectivity index (χ0) is 21.3. The number of carbonyl (C=O) groups is 3. The number of carbonyl (C=O) groups excluding carboxylic acids is 3. The summed E-state index contributed by atoms with van der Waals surface area (Å²) in [5.41, 5.74) is 1.34. The molecule has 0 N–H and O–H groups in total. The smallest absolute Gasteiger partial charge is 0.290 e. The Kier molecular flexibility index (Phi) is 5.55. The largest absolute Gasteiger partial charge is 0.459 e. The summed E-state index contributed by atoms with van der Waals surface area (Å²) >= 11 is 3.35. The molecule has 7 heteroatoms. The lowest BCUT2D eigenvalue weighted by atomic mass is 10.0. The summed E-state index contributed by atoms with van der Waals surface area (Å²) in [6, 6.07) is 18.1. The van der Waals surface area contributed by atoms with Crippen molar-refractivity contribution in [2.24, 2.45) is 0 Å². The minimum absolute atomic E-state index is 0.0848. The second kappa shape index (κ2) is 8.28. The van der Waals surface area contributed by atoms with E-state index in [0.29, 0.717) is 5.69 Å². The van der Waals surface area contributed by atoms with Gasteiger partial charge >= 0.3 is 0 Å². The highest BCUT2D eigenvalue weighted by Crippen LogP contribution is 2.32. The van der Waals surface area contributed by atoms with Gasteiger partial charge in [-0.05, 0) is 48.9 Å². The zero-order valence-electron chi connectivity index (χ0n) is 16.2. The average Bonchev–Trinajstić information content (AvgIpc) is 3.39. The Morgan fingerprint density at radius 1 is 1.07 bits per heavy atom. The van der Waals surface area contributed by atoms with Crippen LogP contribution in [0.2, 0.25) is 0 Å². The van der Waals surface area contributed by atoms with E-state index in [1.54, 1.807) is 36.4 Å². The normalized spacial score (nSPS) is 17.3. The summed E-state index contributed by atoms with van der Waals surface area (Å²) in [6.07, 6.45) is 1.33. The molecular weight excluding hydrogens is 448 g/mol. The number of hydrogen-bond acceptors (Lipinski definition) is 4. The summed E-state index contributed by atoms with van der Waals surface area (Å²) in [5.74, 6) is -1.07. The first-order chi connectivity index (χ1) is 14.5. The molecule has 152 valence electrons. The number of halogens is 1. The number of imide groups is 1. The molecule has 0 spiro atoms. The lowest BCUT2D eigenvalue weighted by Crippen LogP contribution is -2.46. The minimum Gasteiger partial charge on any atom is -0.459 e. The van der Waals surface area contributed by atoms with Gasteiger partial charge in [0.15, 0.2) is 5.76 Å². The Labute approximate surface area is 182 Å². The van der Waals surface area contributed by atoms with E-state index in [0.717, 1.165) is 14.9 Å². The van der Waals surface area contributed by atoms with Gasteiger partial charge in [-0.1, -0.05) is 46.3 Å². The Bertz CT molecular complexity index is 1060. The highest BCUT2D eigenvalue weighted by molar-refractivity contribution is 9.10. The molecule has 1 fully saturated rings. The van der Waals surface area contributed by atoms with Crippen LogP contribution < -0.4 is 4.90 Å². The van der Waals surface area contributed by atoms with E-state index in [1.165, 1.54) is 11.2 Å². The van der Waals surface area contributed by atoms with Crippen molar-refractivity contribution in [3.8, 4) is 0 Å². The van der Waals surface area contributed by atoms with Crippen molar-refractivity contribution in [2.75, 3.05) is 4.90 Å². The van der Waals surface area contributed by atoms with Crippen molar-refractivity contribution in [2.45, 2.75) is 25.4 Å². The SMILES string of the molecule is CC(c1ccccc1)N(C(=O)c1ccco1)C1CC(=O)N(c2ccc(Br)cc2)C1=O. The molecule has 1 aliphatic heterocycles. The quantitative estimate of drug-likeness (QED) is 0.516. The first-order valence-electron chi connectivity index (χ1n) is 9.51. The lowest BCUT2D eigenvalue weighted by molar-refractivity contribution is -0.123. The van der Waals surface area contributed by atoms with Gasteiger partial charge in [-0.3, -0.25) is 14.4 Å². The van der Waals surface area contributed by atoms with Crippen LogP contribution in [-0.4, -0.2) is 28.7 Å². The fraction of sp³-hybridized carbons (Fsp3) is 0.174. The van der Waals surface area contributed by atoms with Crippen LogP contribution in [0.4, 0.5) is 5.69 Å². The zero-order valence-corrected chi connectivity index (χ0v) is 17.8. The van der Waals surface area contributed by atoms with Gasteiger partial charge in [0.05, 0.1) is 24.4 Å². The third-order valence-corrected chi connectivity index (χ3v) is 5.74. The van der Waals surface area contributed by atoms with Crippen molar-refractivity contribution < 1.29 is 18.8 Å². The van der Waals surface area contributed by atoms with Crippen molar-refractivity contribution in [3.63, 3.8) is 0 Å². The molecule has 3 amide bonds. The number of rotatable bonds is 5. The predicted molar refractivity (Wildman–Crippen MR) is 115 cm³/mol. The monoisotopic (exact) mass is 466 g/mol. The Morgan fingerprint density at radius 3 is 2.40 bits per heavy atom. The summed E-state index contributed by atoms with van der Waals surface area (Å²) in [5, 5.41) is 0. The van der Waals surface area contributed by atoms with Gasteiger partial charge in [-0.2, -0.15) is 0 Å². The molecule has 6 nitrogen and oxygen atoms in total. The van der Waals surface area contributed by atoms with Crippen LogP contribution in [0.1, 0.15) is 35.5 Å². The molecule has 2 unspecified atom stereocenters. The van der Waals surface area contributed by atoms with Crippen LogP contribution in [0.25, 0.3) is 0 Å². The topological polar surface area (TPSA) is 70.8 Å². The number of hydrogen-bond donors (Lipinski definition) is 0. The second-order valence-electron chi connectivity index (χ2n) is 7.04. The van der Waals surface area contributed by atoms with E-state index in [2.05, 4.69) is 15.9 Å². The molecule has 2 heterocycles. The van der Waals surface area contributed by atoms with Crippen molar-refractivity contribution in [1.29, 1.82) is 0 Å². The van der Waals surface area contributed by atoms with Crippen LogP contribution in [0.15, 0.2) is 81.9 Å². The molecule has 0 saturated carbocycles. The number of amides is 3. The molecule has 0 radical (unpaired) electrons. The van der Waals surface area contributed by atoms with Gasteiger partial charge in [0, 0.05) is 4.47 Å². The van der Waals surface area contributed by atoms with Crippen LogP contribution in [0, 0.1) is 0 Å². The average molecular weight is 467 g/mol.